The normalized spacial score (nSPS) is 28.2. The lowest BCUT2D eigenvalue weighted by Gasteiger charge is -2.48. The van der Waals surface area contributed by atoms with Crippen molar-refractivity contribution in [3.8, 4) is 0 Å². The van der Waals surface area contributed by atoms with Gasteiger partial charge in [0, 0.05) is 6.42 Å². The van der Waals surface area contributed by atoms with Crippen molar-refractivity contribution in [2.24, 2.45) is 0 Å². The van der Waals surface area contributed by atoms with Crippen LogP contribution in [0.1, 0.15) is 258 Å². The average Bonchev–Trinajstić information content (AvgIpc) is 0.886. The number of hydrogen-bond donors (Lipinski definition) is 12. The quantitative estimate of drug-likeness (QED) is 0.0199. The Bertz CT molecular complexity index is 1890. The molecule has 17 atom stereocenters. The molecule has 3 fully saturated rings. The summed E-state index contributed by atoms with van der Waals surface area (Å²) < 4.78 is 34.3. The van der Waals surface area contributed by atoms with Gasteiger partial charge in [-0.2, -0.15) is 0 Å². The number of allylic oxidation sites excluding steroid dienone is 9. The number of hydrogen-bond acceptors (Lipinski definition) is 18. The first-order valence-electron chi connectivity index (χ1n) is 36.0. The second-order valence-electron chi connectivity index (χ2n) is 25.7. The van der Waals surface area contributed by atoms with Crippen LogP contribution < -0.4 is 5.32 Å². The third kappa shape index (κ3) is 35.4. The van der Waals surface area contributed by atoms with Gasteiger partial charge in [-0.3, -0.25) is 4.79 Å². The van der Waals surface area contributed by atoms with Crippen molar-refractivity contribution in [1.82, 2.24) is 5.32 Å². The van der Waals surface area contributed by atoms with Gasteiger partial charge in [0.1, 0.15) is 73.2 Å². The molecule has 0 aromatic carbocycles. The van der Waals surface area contributed by atoms with Crippen molar-refractivity contribution >= 4 is 5.91 Å². The molecule has 530 valence electrons. The highest BCUT2D eigenvalue weighted by atomic mass is 16.8. The predicted molar refractivity (Wildman–Crippen MR) is 355 cm³/mol. The Morgan fingerprint density at radius 1 is 0.396 bits per heavy atom. The van der Waals surface area contributed by atoms with E-state index < -0.39 is 124 Å². The highest BCUT2D eigenvalue weighted by Gasteiger charge is 2.53. The maximum atomic E-state index is 13.4. The zero-order valence-corrected chi connectivity index (χ0v) is 56.1. The number of unbranched alkanes of at least 4 members (excludes halogenated alkanes) is 31. The Morgan fingerprint density at radius 2 is 0.736 bits per heavy atom. The van der Waals surface area contributed by atoms with E-state index in [1.54, 1.807) is 6.08 Å². The van der Waals surface area contributed by atoms with Crippen molar-refractivity contribution in [3.05, 3.63) is 60.8 Å². The van der Waals surface area contributed by atoms with Crippen molar-refractivity contribution in [3.63, 3.8) is 0 Å². The Hall–Kier alpha value is -2.51. The fraction of sp³-hybridized carbons (Fsp3) is 0.847. The summed E-state index contributed by atoms with van der Waals surface area (Å²) in [4.78, 5) is 13.4. The van der Waals surface area contributed by atoms with Crippen LogP contribution in [-0.2, 0) is 33.2 Å². The zero-order chi connectivity index (χ0) is 66.1. The molecule has 1 amide bonds. The van der Waals surface area contributed by atoms with Crippen molar-refractivity contribution in [1.29, 1.82) is 0 Å². The van der Waals surface area contributed by atoms with Crippen LogP contribution in [0.5, 0.6) is 0 Å². The number of aliphatic hydroxyl groups is 11. The number of rotatable bonds is 55. The zero-order valence-electron chi connectivity index (χ0n) is 56.1. The summed E-state index contributed by atoms with van der Waals surface area (Å²) in [5.41, 5.74) is 0. The largest absolute Gasteiger partial charge is 0.394 e. The standard InChI is InChI=1S/C72H129NO18/c1-3-5-7-9-11-13-15-17-19-21-23-24-25-26-27-28-29-30-32-33-35-37-39-41-43-45-47-49-56(77)55(73-60(78)50-48-46-44-42-40-38-36-34-31-22-20-18-16-14-12-10-8-6-4-2)54-86-70-66(84)63(81)68(58(52-75)88-70)91-72-67(85)64(82)69(59(53-76)89-72)90-71-65(83)62(80)61(79)57(51-74)87-71/h12,14,18,20,32-33,39,41,47,49,55-59,61-72,74-77,79-85H,3-11,13,15-17,19,21-31,34-38,40,42-46,48,50-54H2,1-2H3,(H,73,78)/b14-12-,20-18-,33-32+,41-39+,49-47+. The summed E-state index contributed by atoms with van der Waals surface area (Å²) >= 11 is 0. The van der Waals surface area contributed by atoms with Crippen LogP contribution in [0.3, 0.4) is 0 Å². The molecule has 19 heteroatoms. The summed E-state index contributed by atoms with van der Waals surface area (Å²) in [7, 11) is 0. The van der Waals surface area contributed by atoms with Gasteiger partial charge in [-0.1, -0.05) is 235 Å². The topological polar surface area (TPSA) is 307 Å². The van der Waals surface area contributed by atoms with E-state index in [1.807, 2.05) is 6.08 Å². The molecule has 0 aliphatic carbocycles. The minimum atomic E-state index is -1.98. The van der Waals surface area contributed by atoms with E-state index in [0.717, 1.165) is 64.2 Å². The maximum absolute atomic E-state index is 13.4. The average molecular weight is 1300 g/mol. The molecule has 0 saturated carbocycles. The Labute approximate surface area is 547 Å². The SMILES string of the molecule is CCCCC/C=C\C/C=C\CCCCCCCCCCCC(=O)NC(COC1OC(CO)C(OC2OC(CO)C(OC3OC(CO)C(O)C(O)C3O)C(O)C2O)C(O)C1O)C(O)/C=C/CC/C=C/CC/C=C/CCCCCCCCCCCCCCCCCCC. The van der Waals surface area contributed by atoms with Gasteiger partial charge in [0.05, 0.1) is 38.6 Å². The van der Waals surface area contributed by atoms with Crippen LogP contribution in [0, 0.1) is 0 Å². The molecule has 17 unspecified atom stereocenters. The van der Waals surface area contributed by atoms with E-state index in [-0.39, 0.29) is 18.9 Å². The molecule has 3 heterocycles. The molecule has 19 nitrogen and oxygen atoms in total. The monoisotopic (exact) mass is 1300 g/mol. The lowest BCUT2D eigenvalue weighted by molar-refractivity contribution is -0.379. The van der Waals surface area contributed by atoms with E-state index in [9.17, 15) is 61.0 Å². The number of aliphatic hydroxyl groups excluding tert-OH is 11. The van der Waals surface area contributed by atoms with E-state index in [4.69, 9.17) is 28.4 Å². The van der Waals surface area contributed by atoms with E-state index >= 15 is 0 Å². The van der Waals surface area contributed by atoms with Gasteiger partial charge in [-0.25, -0.2) is 0 Å². The number of carbonyl (C=O) groups is 1. The molecule has 0 aromatic rings. The lowest BCUT2D eigenvalue weighted by atomic mass is 9.96. The number of amides is 1. The minimum Gasteiger partial charge on any atom is -0.394 e. The molecule has 0 spiro atoms. The van der Waals surface area contributed by atoms with E-state index in [2.05, 4.69) is 67.8 Å². The van der Waals surface area contributed by atoms with Crippen LogP contribution in [-0.4, -0.2) is 193 Å². The lowest BCUT2D eigenvalue weighted by Crippen LogP contribution is -2.66. The molecule has 3 aliphatic rings. The maximum Gasteiger partial charge on any atom is 0.220 e. The van der Waals surface area contributed by atoms with Crippen molar-refractivity contribution in [2.45, 2.75) is 362 Å². The van der Waals surface area contributed by atoms with Crippen LogP contribution in [0.25, 0.3) is 0 Å². The molecule has 0 aromatic heterocycles. The van der Waals surface area contributed by atoms with E-state index in [0.29, 0.717) is 12.8 Å². The third-order valence-corrected chi connectivity index (χ3v) is 17.8. The van der Waals surface area contributed by atoms with Crippen LogP contribution in [0.4, 0.5) is 0 Å². The van der Waals surface area contributed by atoms with Gasteiger partial charge in [-0.05, 0) is 77.0 Å². The molecule has 0 radical (unpaired) electrons. The van der Waals surface area contributed by atoms with Crippen molar-refractivity contribution in [2.75, 3.05) is 26.4 Å². The molecular weight excluding hydrogens is 1170 g/mol. The second-order valence-corrected chi connectivity index (χ2v) is 25.7. The van der Waals surface area contributed by atoms with Crippen LogP contribution >= 0.6 is 0 Å². The van der Waals surface area contributed by atoms with Crippen molar-refractivity contribution < 1.29 is 89.4 Å². The first-order valence-corrected chi connectivity index (χ1v) is 36.0. The Kier molecular flexibility index (Phi) is 48.7. The van der Waals surface area contributed by atoms with Gasteiger partial charge >= 0.3 is 0 Å². The molecule has 91 heavy (non-hydrogen) atoms. The highest BCUT2D eigenvalue weighted by molar-refractivity contribution is 5.76. The first-order chi connectivity index (χ1) is 44.3. The Morgan fingerprint density at radius 3 is 1.19 bits per heavy atom. The summed E-state index contributed by atoms with van der Waals surface area (Å²) in [6.45, 7) is 1.69. The molecule has 0 bridgehead atoms. The van der Waals surface area contributed by atoms with Gasteiger partial charge in [0.15, 0.2) is 18.9 Å². The molecule has 3 saturated heterocycles. The second kappa shape index (κ2) is 53.6. The highest BCUT2D eigenvalue weighted by Crippen LogP contribution is 2.33. The van der Waals surface area contributed by atoms with E-state index in [1.165, 1.54) is 161 Å². The number of ether oxygens (including phenoxy) is 6. The summed E-state index contributed by atoms with van der Waals surface area (Å²) in [5, 5.41) is 121. The fourth-order valence-electron chi connectivity index (χ4n) is 11.9. The molecule has 12 N–H and O–H groups in total. The molecule has 3 rings (SSSR count). The predicted octanol–water partition coefficient (Wildman–Crippen LogP) is 9.94. The summed E-state index contributed by atoms with van der Waals surface area (Å²) in [6.07, 6.45) is 39.1. The van der Waals surface area contributed by atoms with Crippen LogP contribution in [0.2, 0.25) is 0 Å². The van der Waals surface area contributed by atoms with Gasteiger partial charge < -0.3 is 89.9 Å². The van der Waals surface area contributed by atoms with Gasteiger partial charge in [0.25, 0.3) is 0 Å². The minimum absolute atomic E-state index is 0.225. The smallest absolute Gasteiger partial charge is 0.220 e. The molecular formula is C72H129NO18. The summed E-state index contributed by atoms with van der Waals surface area (Å²) in [6, 6.07) is -1.00. The fourth-order valence-corrected chi connectivity index (χ4v) is 11.9. The number of nitrogens with one attached hydrogen (secondary N) is 1. The first kappa shape index (κ1) is 82.7. The molecule has 3 aliphatic heterocycles. The number of carbonyl (C=O) groups excluding carboxylic acids is 1. The van der Waals surface area contributed by atoms with Gasteiger partial charge in [0.2, 0.25) is 5.91 Å². The Balaban J connectivity index is 1.45. The third-order valence-electron chi connectivity index (χ3n) is 17.8. The van der Waals surface area contributed by atoms with Gasteiger partial charge in [-0.15, -0.1) is 0 Å². The van der Waals surface area contributed by atoms with Crippen LogP contribution in [0.15, 0.2) is 60.8 Å². The summed E-state index contributed by atoms with van der Waals surface area (Å²) in [5.74, 6) is -0.294.